The zero-order valence-corrected chi connectivity index (χ0v) is 24.7. The fourth-order valence-electron chi connectivity index (χ4n) is 4.93. The highest BCUT2D eigenvalue weighted by atomic mass is 31.2. The molecule has 226 valence electrons. The molecule has 1 heterocycles. The number of hydrogen-bond acceptors (Lipinski definition) is 8. The second-order valence-corrected chi connectivity index (χ2v) is 12.2. The lowest BCUT2D eigenvalue weighted by Gasteiger charge is -2.32. The van der Waals surface area contributed by atoms with E-state index in [0.717, 1.165) is 37.7 Å². The summed E-state index contributed by atoms with van der Waals surface area (Å²) in [6.45, 7) is 3.65. The molecule has 0 spiro atoms. The van der Waals surface area contributed by atoms with Gasteiger partial charge in [0.1, 0.15) is 6.04 Å². The highest BCUT2D eigenvalue weighted by Crippen LogP contribution is 2.53. The van der Waals surface area contributed by atoms with Crippen LogP contribution >= 0.6 is 7.60 Å². The summed E-state index contributed by atoms with van der Waals surface area (Å²) in [6, 6.07) is 1.49. The smallest absolute Gasteiger partial charge is 0.405 e. The van der Waals surface area contributed by atoms with Crippen molar-refractivity contribution in [2.75, 3.05) is 26.8 Å². The first-order valence-corrected chi connectivity index (χ1v) is 15.7. The Bertz CT molecular complexity index is 967. The normalized spacial score (nSPS) is 16.5. The number of aliphatic hydroxyl groups is 1. The molecule has 2 rings (SSSR count). The Balaban J connectivity index is 2.15. The van der Waals surface area contributed by atoms with Gasteiger partial charge in [-0.1, -0.05) is 32.1 Å². The van der Waals surface area contributed by atoms with E-state index < -0.39 is 37.5 Å². The first-order chi connectivity index (χ1) is 19.1. The van der Waals surface area contributed by atoms with Crippen molar-refractivity contribution in [1.29, 1.82) is 0 Å². The fourth-order valence-corrected chi connectivity index (χ4v) is 6.69. The zero-order chi connectivity index (χ0) is 29.5. The molecule has 3 amide bonds. The minimum Gasteiger partial charge on any atom is -0.465 e. The van der Waals surface area contributed by atoms with Gasteiger partial charge in [0.25, 0.3) is 0 Å². The number of aliphatic hydroxyl groups excluding tert-OH is 1. The highest BCUT2D eigenvalue weighted by molar-refractivity contribution is 7.54. The van der Waals surface area contributed by atoms with Gasteiger partial charge in [0.05, 0.1) is 19.3 Å². The van der Waals surface area contributed by atoms with Crippen LogP contribution in [0.5, 0.6) is 0 Å². The molecule has 0 radical (unpaired) electrons. The number of amides is 3. The van der Waals surface area contributed by atoms with E-state index in [0.29, 0.717) is 19.4 Å². The second kappa shape index (κ2) is 17.3. The van der Waals surface area contributed by atoms with Crippen LogP contribution < -0.4 is 10.6 Å². The maximum absolute atomic E-state index is 13.4. The molecule has 1 aromatic heterocycles. The molecule has 1 aromatic rings. The van der Waals surface area contributed by atoms with Crippen molar-refractivity contribution in [2.24, 2.45) is 5.92 Å². The Morgan fingerprint density at radius 1 is 1.10 bits per heavy atom. The molecule has 0 bridgehead atoms. The molecule has 1 unspecified atom stereocenters. The molecule has 1 aliphatic carbocycles. The zero-order valence-electron chi connectivity index (χ0n) is 23.8. The largest absolute Gasteiger partial charge is 0.465 e. The third-order valence-electron chi connectivity index (χ3n) is 7.12. The van der Waals surface area contributed by atoms with E-state index in [1.807, 2.05) is 12.1 Å². The van der Waals surface area contributed by atoms with Gasteiger partial charge in [-0.3, -0.25) is 19.1 Å². The van der Waals surface area contributed by atoms with Crippen LogP contribution in [0.2, 0.25) is 0 Å². The van der Waals surface area contributed by atoms with E-state index in [1.165, 1.54) is 0 Å². The average molecular weight is 585 g/mol. The number of hydrogen-bond donors (Lipinski definition) is 4. The predicted molar refractivity (Wildman–Crippen MR) is 150 cm³/mol. The Morgan fingerprint density at radius 3 is 2.30 bits per heavy atom. The van der Waals surface area contributed by atoms with Gasteiger partial charge in [0, 0.05) is 32.4 Å². The minimum absolute atomic E-state index is 0.00342. The van der Waals surface area contributed by atoms with Crippen LogP contribution in [0.15, 0.2) is 24.5 Å². The summed E-state index contributed by atoms with van der Waals surface area (Å²) in [4.78, 5) is 43.3. The predicted octanol–water partition coefficient (Wildman–Crippen LogP) is 3.54. The number of nitrogens with zero attached hydrogens (tertiary/aromatic N) is 2. The van der Waals surface area contributed by atoms with Crippen LogP contribution in [0.1, 0.15) is 70.8 Å². The quantitative estimate of drug-likeness (QED) is 0.200. The summed E-state index contributed by atoms with van der Waals surface area (Å²) in [5.41, 5.74) is 1.03. The summed E-state index contributed by atoms with van der Waals surface area (Å²) < 4.78 is 24.0. The fraction of sp³-hybridized carbons (Fsp3) is 0.704. The Hall–Kier alpha value is -2.53. The Labute approximate surface area is 236 Å². The van der Waals surface area contributed by atoms with Gasteiger partial charge in [0.2, 0.25) is 11.8 Å². The molecular weight excluding hydrogens is 539 g/mol. The van der Waals surface area contributed by atoms with Crippen LogP contribution in [0.4, 0.5) is 4.79 Å². The van der Waals surface area contributed by atoms with Crippen molar-refractivity contribution in [1.82, 2.24) is 20.5 Å². The minimum atomic E-state index is -4.08. The van der Waals surface area contributed by atoms with Gasteiger partial charge in [-0.2, -0.15) is 0 Å². The summed E-state index contributed by atoms with van der Waals surface area (Å²) in [7, 11) is -2.42. The standard InChI is InChI=1S/C27H45N4O8P/c1-4-38-40(37,39-5-2)26(34)22(11-12-24(32)31(3)18-15-20-13-16-28-17-14-20)29-25(33)23(30-27(35)36)19-21-9-7-6-8-10-21/h13-14,16-17,21-23,26,30,34H,4-12,15,18-19H2,1-3H3,(H,29,33)(H,35,36)/t22-,23-,26?/m0/s1. The number of likely N-dealkylation sites (N-methyl/N-ethyl adjacent to an activating group) is 1. The van der Waals surface area contributed by atoms with Crippen molar-refractivity contribution in [3.63, 3.8) is 0 Å². The van der Waals surface area contributed by atoms with E-state index >= 15 is 0 Å². The van der Waals surface area contributed by atoms with E-state index in [1.54, 1.807) is 38.2 Å². The summed E-state index contributed by atoms with van der Waals surface area (Å²) >= 11 is 0. The van der Waals surface area contributed by atoms with Gasteiger partial charge >= 0.3 is 13.7 Å². The number of carbonyl (C=O) groups is 3. The van der Waals surface area contributed by atoms with Crippen LogP contribution in [-0.2, 0) is 29.6 Å². The first kappa shape index (κ1) is 33.7. The molecule has 1 aliphatic rings. The molecule has 0 aromatic carbocycles. The van der Waals surface area contributed by atoms with Gasteiger partial charge in [-0.25, -0.2) is 4.79 Å². The monoisotopic (exact) mass is 584 g/mol. The van der Waals surface area contributed by atoms with E-state index in [2.05, 4.69) is 15.6 Å². The molecule has 3 atom stereocenters. The topological polar surface area (TPSA) is 167 Å². The maximum atomic E-state index is 13.4. The molecule has 1 saturated carbocycles. The van der Waals surface area contributed by atoms with Crippen molar-refractivity contribution in [3.05, 3.63) is 30.1 Å². The summed E-state index contributed by atoms with van der Waals surface area (Å²) in [5.74, 6) is -2.46. The van der Waals surface area contributed by atoms with Crippen molar-refractivity contribution < 1.29 is 38.2 Å². The van der Waals surface area contributed by atoms with E-state index in [-0.39, 0.29) is 37.9 Å². The van der Waals surface area contributed by atoms with Crippen LogP contribution in [0.25, 0.3) is 0 Å². The molecule has 13 heteroatoms. The van der Waals surface area contributed by atoms with Gasteiger partial charge < -0.3 is 34.8 Å². The first-order valence-electron chi connectivity index (χ1n) is 14.1. The highest BCUT2D eigenvalue weighted by Gasteiger charge is 2.41. The Kier molecular flexibility index (Phi) is 14.6. The SMILES string of the molecule is CCOP(=O)(OCC)C(O)[C@H](CCC(=O)N(C)CCc1ccncc1)NC(=O)[C@H](CC1CCCCC1)NC(=O)O. The van der Waals surface area contributed by atoms with Gasteiger partial charge in [-0.15, -0.1) is 0 Å². The van der Waals surface area contributed by atoms with Crippen molar-refractivity contribution >= 4 is 25.5 Å². The number of carbonyl (C=O) groups excluding carboxylic acids is 2. The Morgan fingerprint density at radius 2 is 1.73 bits per heavy atom. The number of pyridine rings is 1. The van der Waals surface area contributed by atoms with E-state index in [9.17, 15) is 29.2 Å². The number of nitrogens with one attached hydrogen (secondary N) is 2. The summed E-state index contributed by atoms with van der Waals surface area (Å²) in [6.07, 6.45) is 7.81. The number of carboxylic acid groups (broad SMARTS) is 1. The van der Waals surface area contributed by atoms with Crippen molar-refractivity contribution in [3.8, 4) is 0 Å². The second-order valence-electron chi connectivity index (χ2n) is 10.1. The third kappa shape index (κ3) is 11.2. The molecule has 0 saturated heterocycles. The summed E-state index contributed by atoms with van der Waals surface area (Å²) in [5, 5.41) is 25.4. The van der Waals surface area contributed by atoms with Gasteiger partial charge in [0.15, 0.2) is 5.85 Å². The third-order valence-corrected chi connectivity index (χ3v) is 9.36. The number of aromatic nitrogens is 1. The maximum Gasteiger partial charge on any atom is 0.405 e. The lowest BCUT2D eigenvalue weighted by molar-refractivity contribution is -0.131. The lowest BCUT2D eigenvalue weighted by Crippen LogP contribution is -2.53. The molecule has 40 heavy (non-hydrogen) atoms. The van der Waals surface area contributed by atoms with Crippen molar-refractivity contribution in [2.45, 2.75) is 89.6 Å². The van der Waals surface area contributed by atoms with Crippen LogP contribution in [0, 0.1) is 5.92 Å². The molecule has 4 N–H and O–H groups in total. The van der Waals surface area contributed by atoms with Gasteiger partial charge in [-0.05, 0) is 56.7 Å². The molecular formula is C27H45N4O8P. The van der Waals surface area contributed by atoms with Crippen LogP contribution in [-0.4, -0.2) is 82.7 Å². The van der Waals surface area contributed by atoms with E-state index in [4.69, 9.17) is 9.05 Å². The average Bonchev–Trinajstić information content (AvgIpc) is 2.94. The molecule has 1 fully saturated rings. The number of rotatable bonds is 17. The lowest BCUT2D eigenvalue weighted by atomic mass is 9.84. The molecule has 12 nitrogen and oxygen atoms in total. The van der Waals surface area contributed by atoms with Crippen LogP contribution in [0.3, 0.4) is 0 Å². The molecule has 0 aliphatic heterocycles.